The van der Waals surface area contributed by atoms with Gasteiger partial charge in [-0.2, -0.15) is 0 Å². The predicted octanol–water partition coefficient (Wildman–Crippen LogP) is 4.70. The first-order valence-electron chi connectivity index (χ1n) is 7.48. The second-order valence-corrected chi connectivity index (χ2v) is 7.59. The maximum atomic E-state index is 10.6. The molecule has 2 fully saturated rings. The van der Waals surface area contributed by atoms with E-state index in [1.54, 1.807) is 11.3 Å². The maximum Gasteiger partial charge on any atom is 0.0910 e. The molecule has 18 heavy (non-hydrogen) atoms. The lowest BCUT2D eigenvalue weighted by atomic mass is 9.66. The molecule has 0 radical (unpaired) electrons. The van der Waals surface area contributed by atoms with Crippen molar-refractivity contribution in [1.29, 1.82) is 0 Å². The highest BCUT2D eigenvalue weighted by molar-refractivity contribution is 7.12. The number of aliphatic hydroxyl groups excluding tert-OH is 1. The average molecular weight is 264 g/mol. The number of thiophene rings is 1. The molecule has 2 aliphatic rings. The molecule has 2 aliphatic carbocycles. The summed E-state index contributed by atoms with van der Waals surface area (Å²) >= 11 is 1.77. The van der Waals surface area contributed by atoms with E-state index in [1.165, 1.54) is 54.7 Å². The number of rotatable bonds is 2. The third-order valence-electron chi connectivity index (χ3n) is 5.08. The highest BCUT2D eigenvalue weighted by Crippen LogP contribution is 2.46. The number of fused-ring (bicyclic) bond motifs is 1. The summed E-state index contributed by atoms with van der Waals surface area (Å²) in [6, 6.07) is 4.26. The van der Waals surface area contributed by atoms with Crippen molar-refractivity contribution in [3.05, 3.63) is 21.9 Å². The van der Waals surface area contributed by atoms with Gasteiger partial charge in [-0.1, -0.05) is 25.7 Å². The molecule has 0 saturated heterocycles. The Labute approximate surface area is 114 Å². The van der Waals surface area contributed by atoms with E-state index in [9.17, 15) is 5.11 Å². The van der Waals surface area contributed by atoms with Crippen LogP contribution in [0.2, 0.25) is 0 Å². The Hall–Kier alpha value is -0.340. The fourth-order valence-corrected chi connectivity index (χ4v) is 5.00. The number of aryl methyl sites for hydroxylation is 1. The van der Waals surface area contributed by atoms with Crippen LogP contribution in [0.5, 0.6) is 0 Å². The molecule has 1 N–H and O–H groups in total. The first kappa shape index (κ1) is 12.7. The van der Waals surface area contributed by atoms with Gasteiger partial charge in [0.1, 0.15) is 0 Å². The number of aliphatic hydroxyl groups is 1. The monoisotopic (exact) mass is 264 g/mol. The molecule has 4 atom stereocenters. The molecule has 1 nitrogen and oxygen atoms in total. The standard InChI is InChI=1S/C16H24OS/c1-11-6-9-15(18-11)16(17)14-8-7-12-4-2-3-5-13(12)10-14/h6,9,12-14,16-17H,2-5,7-8,10H2,1H3. The lowest BCUT2D eigenvalue weighted by Gasteiger charge is -2.40. The highest BCUT2D eigenvalue weighted by Gasteiger charge is 2.35. The molecule has 1 aromatic heterocycles. The topological polar surface area (TPSA) is 20.2 Å². The molecule has 0 aromatic carbocycles. The summed E-state index contributed by atoms with van der Waals surface area (Å²) in [4.78, 5) is 2.50. The quantitative estimate of drug-likeness (QED) is 0.821. The van der Waals surface area contributed by atoms with Gasteiger partial charge in [0.2, 0.25) is 0 Å². The van der Waals surface area contributed by atoms with Gasteiger partial charge in [0.15, 0.2) is 0 Å². The van der Waals surface area contributed by atoms with Gasteiger partial charge in [-0.05, 0) is 56.1 Å². The first-order valence-corrected chi connectivity index (χ1v) is 8.30. The van der Waals surface area contributed by atoms with Gasteiger partial charge in [0, 0.05) is 9.75 Å². The third kappa shape index (κ3) is 2.50. The number of hydrogen-bond acceptors (Lipinski definition) is 2. The smallest absolute Gasteiger partial charge is 0.0910 e. The minimum atomic E-state index is -0.202. The van der Waals surface area contributed by atoms with Crippen LogP contribution < -0.4 is 0 Å². The summed E-state index contributed by atoms with van der Waals surface area (Å²) in [6.45, 7) is 2.12. The summed E-state index contributed by atoms with van der Waals surface area (Å²) in [7, 11) is 0. The van der Waals surface area contributed by atoms with Gasteiger partial charge in [0.25, 0.3) is 0 Å². The molecular formula is C16H24OS. The van der Waals surface area contributed by atoms with Crippen molar-refractivity contribution in [3.63, 3.8) is 0 Å². The van der Waals surface area contributed by atoms with Gasteiger partial charge in [0.05, 0.1) is 6.10 Å². The summed E-state index contributed by atoms with van der Waals surface area (Å²) in [5.41, 5.74) is 0. The Morgan fingerprint density at radius 1 is 1.11 bits per heavy atom. The van der Waals surface area contributed by atoms with Crippen LogP contribution in [0.4, 0.5) is 0 Å². The molecule has 100 valence electrons. The molecule has 1 heterocycles. The molecular weight excluding hydrogens is 240 g/mol. The van der Waals surface area contributed by atoms with Gasteiger partial charge in [-0.25, -0.2) is 0 Å². The van der Waals surface area contributed by atoms with Gasteiger partial charge >= 0.3 is 0 Å². The number of hydrogen-bond donors (Lipinski definition) is 1. The van der Waals surface area contributed by atoms with Crippen LogP contribution in [0.1, 0.15) is 60.8 Å². The summed E-state index contributed by atoms with van der Waals surface area (Å²) in [5, 5.41) is 10.6. The van der Waals surface area contributed by atoms with Crippen molar-refractivity contribution >= 4 is 11.3 Å². The Balaban J connectivity index is 1.66. The minimum absolute atomic E-state index is 0.202. The van der Waals surface area contributed by atoms with Crippen molar-refractivity contribution < 1.29 is 5.11 Å². The minimum Gasteiger partial charge on any atom is -0.387 e. The summed E-state index contributed by atoms with van der Waals surface area (Å²) < 4.78 is 0. The van der Waals surface area contributed by atoms with Gasteiger partial charge < -0.3 is 5.11 Å². The van der Waals surface area contributed by atoms with Crippen molar-refractivity contribution in [2.24, 2.45) is 17.8 Å². The summed E-state index contributed by atoms with van der Waals surface area (Å²) in [5.74, 6) is 2.41. The van der Waals surface area contributed by atoms with Crippen molar-refractivity contribution in [2.75, 3.05) is 0 Å². The average Bonchev–Trinajstić information content (AvgIpc) is 2.84. The largest absolute Gasteiger partial charge is 0.387 e. The predicted molar refractivity (Wildman–Crippen MR) is 76.8 cm³/mol. The maximum absolute atomic E-state index is 10.6. The molecule has 2 heteroatoms. The zero-order chi connectivity index (χ0) is 12.5. The Kier molecular flexibility index (Phi) is 3.76. The van der Waals surface area contributed by atoms with Crippen LogP contribution >= 0.6 is 11.3 Å². The van der Waals surface area contributed by atoms with E-state index >= 15 is 0 Å². The van der Waals surface area contributed by atoms with E-state index in [0.29, 0.717) is 5.92 Å². The second-order valence-electron chi connectivity index (χ2n) is 6.27. The molecule has 0 bridgehead atoms. The van der Waals surface area contributed by atoms with Crippen LogP contribution in [0.3, 0.4) is 0 Å². The fourth-order valence-electron chi connectivity index (χ4n) is 4.04. The van der Waals surface area contributed by atoms with Gasteiger partial charge in [-0.15, -0.1) is 11.3 Å². The van der Waals surface area contributed by atoms with Crippen molar-refractivity contribution in [2.45, 2.75) is 58.0 Å². The van der Waals surface area contributed by atoms with Crippen LogP contribution in [-0.2, 0) is 0 Å². The Morgan fingerprint density at radius 3 is 2.61 bits per heavy atom. The Bertz CT molecular complexity index is 398. The fraction of sp³-hybridized carbons (Fsp3) is 0.750. The molecule has 1 aromatic rings. The third-order valence-corrected chi connectivity index (χ3v) is 6.15. The zero-order valence-electron chi connectivity index (χ0n) is 11.3. The zero-order valence-corrected chi connectivity index (χ0v) is 12.1. The van der Waals surface area contributed by atoms with E-state index in [-0.39, 0.29) is 6.10 Å². The van der Waals surface area contributed by atoms with E-state index in [4.69, 9.17) is 0 Å². The molecule has 0 amide bonds. The van der Waals surface area contributed by atoms with Crippen molar-refractivity contribution in [1.82, 2.24) is 0 Å². The molecule has 0 spiro atoms. The van der Waals surface area contributed by atoms with E-state index in [0.717, 1.165) is 11.8 Å². The molecule has 2 saturated carbocycles. The SMILES string of the molecule is Cc1ccc(C(O)C2CCC3CCCCC3C2)s1. The lowest BCUT2D eigenvalue weighted by molar-refractivity contribution is 0.0368. The van der Waals surface area contributed by atoms with Crippen LogP contribution in [0.25, 0.3) is 0 Å². The van der Waals surface area contributed by atoms with Crippen LogP contribution in [-0.4, -0.2) is 5.11 Å². The highest BCUT2D eigenvalue weighted by atomic mass is 32.1. The molecule has 4 unspecified atom stereocenters. The molecule has 3 rings (SSSR count). The second kappa shape index (κ2) is 5.34. The Morgan fingerprint density at radius 2 is 1.89 bits per heavy atom. The first-order chi connectivity index (χ1) is 8.74. The van der Waals surface area contributed by atoms with Gasteiger partial charge in [-0.3, -0.25) is 0 Å². The normalized spacial score (nSPS) is 34.0. The van der Waals surface area contributed by atoms with Crippen LogP contribution in [0, 0.1) is 24.7 Å². The molecule has 0 aliphatic heterocycles. The van der Waals surface area contributed by atoms with E-state index in [2.05, 4.69) is 19.1 Å². The van der Waals surface area contributed by atoms with Crippen molar-refractivity contribution in [3.8, 4) is 0 Å². The summed E-state index contributed by atoms with van der Waals surface area (Å²) in [6.07, 6.45) is 9.38. The lowest BCUT2D eigenvalue weighted by Crippen LogP contribution is -2.30. The van der Waals surface area contributed by atoms with E-state index in [1.807, 2.05) is 0 Å². The van der Waals surface area contributed by atoms with Crippen LogP contribution in [0.15, 0.2) is 12.1 Å². The van der Waals surface area contributed by atoms with E-state index < -0.39 is 0 Å².